The number of rotatable bonds is 5. The molecular weight excluding hydrogens is 531 g/mol. The van der Waals surface area contributed by atoms with Crippen LogP contribution in [-0.2, 0) is 19.4 Å². The molecule has 0 spiro atoms. The number of fused-ring (bicyclic) bond motifs is 2. The molecule has 0 saturated carbocycles. The third kappa shape index (κ3) is 4.68. The number of carbonyl (C=O) groups is 1. The zero-order valence-electron chi connectivity index (χ0n) is 23.6. The molecule has 1 fully saturated rings. The van der Waals surface area contributed by atoms with Gasteiger partial charge in [0.15, 0.2) is 17.4 Å². The zero-order chi connectivity index (χ0) is 28.8. The Morgan fingerprint density at radius 2 is 1.83 bits per heavy atom. The molecule has 0 bridgehead atoms. The molecule has 7 rings (SSSR count). The van der Waals surface area contributed by atoms with Gasteiger partial charge in [0, 0.05) is 42.7 Å². The third-order valence-electron chi connectivity index (χ3n) is 8.61. The summed E-state index contributed by atoms with van der Waals surface area (Å²) in [6.07, 6.45) is 5.07. The highest BCUT2D eigenvalue weighted by atomic mass is 19.1. The van der Waals surface area contributed by atoms with Gasteiger partial charge in [-0.15, -0.1) is 0 Å². The van der Waals surface area contributed by atoms with Gasteiger partial charge in [-0.3, -0.25) is 9.89 Å². The number of hydrogen-bond acceptors (Lipinski definition) is 5. The summed E-state index contributed by atoms with van der Waals surface area (Å²) in [5.74, 6) is -0.301. The van der Waals surface area contributed by atoms with Crippen molar-refractivity contribution in [1.29, 1.82) is 0 Å². The minimum Gasteiger partial charge on any atom is -0.505 e. The lowest BCUT2D eigenvalue weighted by molar-refractivity contribution is 0.0732. The topological polar surface area (TPSA) is 101 Å². The molecule has 0 radical (unpaired) electrons. The molecule has 3 aromatic carbocycles. The molecule has 8 nitrogen and oxygen atoms in total. The maximum absolute atomic E-state index is 14.2. The standard InChI is InChI=1S/C33H33FN6O2/c1-2-20-17-30(41)26(34)18-25(20)22-8-11-24-28(16-22)37-38-31(24)32-35-27-12-15-40(19-29(27)36-32)33(42)21-6-9-23(10-7-21)39-13-4-3-5-14-39/h6-11,16-18,41H,2-5,12-15,19H2,1H3,(H,35,36)(H,37,38). The van der Waals surface area contributed by atoms with Gasteiger partial charge in [-0.2, -0.15) is 5.10 Å². The molecule has 1 saturated heterocycles. The van der Waals surface area contributed by atoms with Gasteiger partial charge in [0.1, 0.15) is 5.69 Å². The van der Waals surface area contributed by atoms with E-state index in [2.05, 4.69) is 32.2 Å². The van der Waals surface area contributed by atoms with Crippen LogP contribution in [0.25, 0.3) is 33.5 Å². The van der Waals surface area contributed by atoms with Crippen molar-refractivity contribution < 1.29 is 14.3 Å². The monoisotopic (exact) mass is 564 g/mol. The van der Waals surface area contributed by atoms with Crippen LogP contribution < -0.4 is 4.90 Å². The second-order valence-electron chi connectivity index (χ2n) is 11.2. The van der Waals surface area contributed by atoms with Crippen molar-refractivity contribution in [3.8, 4) is 28.4 Å². The molecule has 214 valence electrons. The van der Waals surface area contributed by atoms with E-state index < -0.39 is 5.82 Å². The molecule has 2 aliphatic heterocycles. The molecule has 5 aromatic rings. The van der Waals surface area contributed by atoms with E-state index in [0.717, 1.165) is 52.1 Å². The van der Waals surface area contributed by atoms with Gasteiger partial charge in [-0.05, 0) is 90.9 Å². The van der Waals surface area contributed by atoms with E-state index in [1.807, 2.05) is 42.2 Å². The lowest BCUT2D eigenvalue weighted by atomic mass is 9.96. The minimum atomic E-state index is -0.643. The van der Waals surface area contributed by atoms with Crippen LogP contribution in [0.4, 0.5) is 10.1 Å². The first kappa shape index (κ1) is 26.3. The van der Waals surface area contributed by atoms with Crippen LogP contribution in [0.15, 0.2) is 54.6 Å². The summed E-state index contributed by atoms with van der Waals surface area (Å²) in [4.78, 5) is 25.9. The Morgan fingerprint density at radius 1 is 1.02 bits per heavy atom. The van der Waals surface area contributed by atoms with E-state index in [0.29, 0.717) is 43.0 Å². The molecule has 42 heavy (non-hydrogen) atoms. The summed E-state index contributed by atoms with van der Waals surface area (Å²) in [6, 6.07) is 16.7. The first-order chi connectivity index (χ1) is 20.5. The van der Waals surface area contributed by atoms with Crippen LogP contribution in [-0.4, -0.2) is 55.7 Å². The van der Waals surface area contributed by atoms with Crippen LogP contribution in [0, 0.1) is 5.82 Å². The molecule has 2 aromatic heterocycles. The largest absolute Gasteiger partial charge is 0.505 e. The number of nitrogens with one attached hydrogen (secondary N) is 2. The predicted octanol–water partition coefficient (Wildman–Crippen LogP) is 6.22. The molecule has 1 amide bonds. The Morgan fingerprint density at radius 3 is 2.62 bits per heavy atom. The van der Waals surface area contributed by atoms with Gasteiger partial charge >= 0.3 is 0 Å². The summed E-state index contributed by atoms with van der Waals surface area (Å²) in [7, 11) is 0. The Kier molecular flexibility index (Phi) is 6.64. The quantitative estimate of drug-likeness (QED) is 0.235. The van der Waals surface area contributed by atoms with Crippen molar-refractivity contribution in [2.75, 3.05) is 24.5 Å². The van der Waals surface area contributed by atoms with E-state index in [1.165, 1.54) is 37.1 Å². The number of benzene rings is 3. The van der Waals surface area contributed by atoms with E-state index in [9.17, 15) is 14.3 Å². The van der Waals surface area contributed by atoms with Crippen molar-refractivity contribution in [1.82, 2.24) is 25.1 Å². The number of amides is 1. The van der Waals surface area contributed by atoms with Crippen molar-refractivity contribution in [3.05, 3.63) is 82.9 Å². The molecule has 0 aliphatic carbocycles. The first-order valence-electron chi connectivity index (χ1n) is 14.7. The normalized spacial score (nSPS) is 15.3. The van der Waals surface area contributed by atoms with Crippen LogP contribution in [0.3, 0.4) is 0 Å². The van der Waals surface area contributed by atoms with Gasteiger partial charge < -0.3 is 19.9 Å². The molecular formula is C33H33FN6O2. The average molecular weight is 565 g/mol. The van der Waals surface area contributed by atoms with Crippen LogP contribution in [0.5, 0.6) is 5.75 Å². The highest BCUT2D eigenvalue weighted by molar-refractivity contribution is 5.95. The number of H-pyrrole nitrogens is 2. The minimum absolute atomic E-state index is 0.0249. The summed E-state index contributed by atoms with van der Waals surface area (Å²) < 4.78 is 14.2. The number of phenols is 1. The SMILES string of the molecule is CCc1cc(O)c(F)cc1-c1ccc2c(-c3nc4c([nH]3)CN(C(=O)c3ccc(N5CCCCC5)cc3)CC4)n[nH]c2c1. The van der Waals surface area contributed by atoms with E-state index >= 15 is 0 Å². The highest BCUT2D eigenvalue weighted by Crippen LogP contribution is 2.34. The number of aryl methyl sites for hydroxylation is 1. The van der Waals surface area contributed by atoms with E-state index in [1.54, 1.807) is 0 Å². The number of aromatic nitrogens is 4. The molecule has 4 heterocycles. The highest BCUT2D eigenvalue weighted by Gasteiger charge is 2.26. The van der Waals surface area contributed by atoms with Gasteiger partial charge in [0.05, 0.1) is 23.4 Å². The molecule has 2 aliphatic rings. The van der Waals surface area contributed by atoms with Crippen molar-refractivity contribution in [2.45, 2.75) is 45.6 Å². The van der Waals surface area contributed by atoms with E-state index in [4.69, 9.17) is 4.98 Å². The van der Waals surface area contributed by atoms with Crippen LogP contribution >= 0.6 is 0 Å². The number of halogens is 1. The summed E-state index contributed by atoms with van der Waals surface area (Å²) in [5.41, 5.74) is 7.71. The predicted molar refractivity (Wildman–Crippen MR) is 161 cm³/mol. The number of phenolic OH excluding ortho intramolecular Hbond substituents is 1. The lowest BCUT2D eigenvalue weighted by Crippen LogP contribution is -2.36. The van der Waals surface area contributed by atoms with Gasteiger partial charge in [-0.25, -0.2) is 9.37 Å². The van der Waals surface area contributed by atoms with Crippen LogP contribution in [0.1, 0.15) is 53.5 Å². The summed E-state index contributed by atoms with van der Waals surface area (Å²) in [6.45, 7) is 5.21. The smallest absolute Gasteiger partial charge is 0.254 e. The number of piperidine rings is 1. The molecule has 0 unspecified atom stereocenters. The number of aromatic hydroxyl groups is 1. The number of carbonyl (C=O) groups excluding carboxylic acids is 1. The fraction of sp³-hybridized carbons (Fsp3) is 0.303. The molecule has 3 N–H and O–H groups in total. The Hall–Kier alpha value is -4.66. The maximum atomic E-state index is 14.2. The number of nitrogens with zero attached hydrogens (tertiary/aromatic N) is 4. The Bertz CT molecular complexity index is 1780. The summed E-state index contributed by atoms with van der Waals surface area (Å²) in [5, 5.41) is 18.3. The third-order valence-corrected chi connectivity index (χ3v) is 8.61. The fourth-order valence-electron chi connectivity index (χ4n) is 6.26. The maximum Gasteiger partial charge on any atom is 0.254 e. The van der Waals surface area contributed by atoms with Gasteiger partial charge in [0.25, 0.3) is 5.91 Å². The second-order valence-corrected chi connectivity index (χ2v) is 11.2. The van der Waals surface area contributed by atoms with Crippen molar-refractivity contribution in [2.24, 2.45) is 0 Å². The first-order valence-corrected chi connectivity index (χ1v) is 14.7. The fourth-order valence-corrected chi connectivity index (χ4v) is 6.26. The number of imidazole rings is 1. The van der Waals surface area contributed by atoms with Crippen molar-refractivity contribution in [3.63, 3.8) is 0 Å². The number of aromatic amines is 2. The second kappa shape index (κ2) is 10.6. The Balaban J connectivity index is 1.10. The van der Waals surface area contributed by atoms with Crippen LogP contribution in [0.2, 0.25) is 0 Å². The van der Waals surface area contributed by atoms with Gasteiger partial charge in [0.2, 0.25) is 0 Å². The average Bonchev–Trinajstić information content (AvgIpc) is 3.65. The van der Waals surface area contributed by atoms with E-state index in [-0.39, 0.29) is 11.7 Å². The molecule has 9 heteroatoms. The summed E-state index contributed by atoms with van der Waals surface area (Å²) >= 11 is 0. The number of hydrogen-bond donors (Lipinski definition) is 3. The Labute approximate surface area is 243 Å². The lowest BCUT2D eigenvalue weighted by Gasteiger charge is -2.29. The zero-order valence-corrected chi connectivity index (χ0v) is 23.6. The number of anilines is 1. The van der Waals surface area contributed by atoms with Crippen molar-refractivity contribution >= 4 is 22.5 Å². The van der Waals surface area contributed by atoms with Gasteiger partial charge in [-0.1, -0.05) is 13.0 Å². The molecule has 0 atom stereocenters.